The Hall–Kier alpha value is -7.05. The van der Waals surface area contributed by atoms with Gasteiger partial charge < -0.3 is 4.57 Å². The van der Waals surface area contributed by atoms with Gasteiger partial charge in [-0.05, 0) is 48.5 Å². The van der Waals surface area contributed by atoms with Crippen LogP contribution in [0.3, 0.4) is 0 Å². The van der Waals surface area contributed by atoms with Crippen molar-refractivity contribution in [2.45, 2.75) is 0 Å². The molecular formula is C45H28N6. The third-order valence-electron chi connectivity index (χ3n) is 10.1. The van der Waals surface area contributed by atoms with Crippen LogP contribution in [0.25, 0.3) is 94.4 Å². The van der Waals surface area contributed by atoms with Gasteiger partial charge in [-0.15, -0.1) is 0 Å². The minimum Gasteiger partial charge on any atom is -0.309 e. The molecule has 11 rings (SSSR count). The van der Waals surface area contributed by atoms with E-state index >= 15 is 0 Å². The average molecular weight is 653 g/mol. The topological polar surface area (TPSA) is 53.5 Å². The lowest BCUT2D eigenvalue weighted by Gasteiger charge is -2.16. The highest BCUT2D eigenvalue weighted by atomic mass is 15.3. The standard InChI is InChI=1S/C45H28N6/c1-8-22-36-29(15-1)30-16-2-9-23-37(30)49(36)42-28-14-7-21-35(42)43-46-44(50-38-24-10-3-17-31(38)32-18-4-11-25-39(32)50)48-45(47-43)51-40-26-12-5-19-33(40)34-20-6-13-27-41(34)51/h1-28H. The zero-order valence-corrected chi connectivity index (χ0v) is 27.3. The zero-order valence-electron chi connectivity index (χ0n) is 27.3. The highest BCUT2D eigenvalue weighted by molar-refractivity contribution is 6.11. The first-order chi connectivity index (χ1) is 25.3. The van der Waals surface area contributed by atoms with Crippen molar-refractivity contribution in [3.63, 3.8) is 0 Å². The van der Waals surface area contributed by atoms with Crippen LogP contribution < -0.4 is 0 Å². The van der Waals surface area contributed by atoms with E-state index in [4.69, 9.17) is 15.0 Å². The number of benzene rings is 7. The van der Waals surface area contributed by atoms with Gasteiger partial charge in [0.2, 0.25) is 11.9 Å². The Morgan fingerprint density at radius 3 is 0.941 bits per heavy atom. The lowest BCUT2D eigenvalue weighted by molar-refractivity contribution is 0.892. The summed E-state index contributed by atoms with van der Waals surface area (Å²) < 4.78 is 6.69. The molecule has 0 aliphatic rings. The molecule has 0 saturated carbocycles. The first-order valence-electron chi connectivity index (χ1n) is 17.1. The zero-order chi connectivity index (χ0) is 33.5. The molecule has 4 heterocycles. The molecule has 0 aliphatic heterocycles. The molecule has 0 fully saturated rings. The number of hydrogen-bond acceptors (Lipinski definition) is 3. The van der Waals surface area contributed by atoms with Gasteiger partial charge in [-0.1, -0.05) is 121 Å². The Balaban J connectivity index is 1.27. The highest BCUT2D eigenvalue weighted by Gasteiger charge is 2.22. The molecule has 0 bridgehead atoms. The van der Waals surface area contributed by atoms with Crippen LogP contribution in [0.1, 0.15) is 0 Å². The maximum absolute atomic E-state index is 5.36. The van der Waals surface area contributed by atoms with Gasteiger partial charge in [-0.25, -0.2) is 0 Å². The minimum atomic E-state index is 0.561. The van der Waals surface area contributed by atoms with Crippen LogP contribution >= 0.6 is 0 Å². The Kier molecular flexibility index (Phi) is 5.86. The first-order valence-corrected chi connectivity index (χ1v) is 17.1. The molecule has 4 aromatic heterocycles. The number of aromatic nitrogens is 6. The van der Waals surface area contributed by atoms with E-state index in [1.54, 1.807) is 0 Å². The second-order valence-corrected chi connectivity index (χ2v) is 12.9. The van der Waals surface area contributed by atoms with Crippen molar-refractivity contribution < 1.29 is 0 Å². The maximum Gasteiger partial charge on any atom is 0.240 e. The Morgan fingerprint density at radius 1 is 0.275 bits per heavy atom. The molecule has 0 aliphatic carbocycles. The summed E-state index contributed by atoms with van der Waals surface area (Å²) in [5, 5.41) is 7.02. The fourth-order valence-corrected chi connectivity index (χ4v) is 7.99. The quantitative estimate of drug-likeness (QED) is 0.190. The molecule has 0 spiro atoms. The molecule has 6 nitrogen and oxygen atoms in total. The summed E-state index contributed by atoms with van der Waals surface area (Å²) >= 11 is 0. The smallest absolute Gasteiger partial charge is 0.240 e. The third-order valence-corrected chi connectivity index (χ3v) is 10.1. The van der Waals surface area contributed by atoms with E-state index in [2.05, 4.69) is 184 Å². The van der Waals surface area contributed by atoms with Crippen LogP contribution in [0, 0.1) is 0 Å². The largest absolute Gasteiger partial charge is 0.309 e. The molecule has 0 unspecified atom stereocenters. The van der Waals surface area contributed by atoms with Crippen LogP contribution in [-0.4, -0.2) is 28.7 Å². The Bertz CT molecular complexity index is 2870. The molecule has 0 saturated heterocycles. The van der Waals surface area contributed by atoms with E-state index in [9.17, 15) is 0 Å². The molecule has 0 radical (unpaired) electrons. The molecule has 51 heavy (non-hydrogen) atoms. The van der Waals surface area contributed by atoms with Crippen LogP contribution in [0.2, 0.25) is 0 Å². The SMILES string of the molecule is c1ccc(-n2c3ccccc3c3ccccc32)c(-c2nc(-n3c4ccccc4c4ccccc43)nc(-n3c4ccccc4c4ccccc43)n2)c1. The lowest BCUT2D eigenvalue weighted by Crippen LogP contribution is -2.11. The van der Waals surface area contributed by atoms with Crippen molar-refractivity contribution in [3.05, 3.63) is 170 Å². The number of para-hydroxylation sites is 7. The van der Waals surface area contributed by atoms with Crippen molar-refractivity contribution >= 4 is 65.4 Å². The maximum atomic E-state index is 5.36. The number of rotatable bonds is 4. The van der Waals surface area contributed by atoms with Crippen molar-refractivity contribution in [1.82, 2.24) is 28.7 Å². The molecule has 0 amide bonds. The lowest BCUT2D eigenvalue weighted by atomic mass is 10.1. The van der Waals surface area contributed by atoms with E-state index in [1.807, 2.05) is 0 Å². The summed E-state index contributed by atoms with van der Waals surface area (Å²) in [7, 11) is 0. The second kappa shape index (κ2) is 10.7. The minimum absolute atomic E-state index is 0.561. The fourth-order valence-electron chi connectivity index (χ4n) is 7.99. The molecule has 0 N–H and O–H groups in total. The summed E-state index contributed by atoms with van der Waals surface area (Å²) in [5.41, 5.74) is 8.34. The van der Waals surface area contributed by atoms with Gasteiger partial charge in [0.05, 0.1) is 38.8 Å². The molecule has 6 heteroatoms. The number of nitrogens with zero attached hydrogens (tertiary/aromatic N) is 6. The van der Waals surface area contributed by atoms with Gasteiger partial charge in [0.25, 0.3) is 0 Å². The molecule has 238 valence electrons. The normalized spacial score (nSPS) is 11.9. The first kappa shape index (κ1) is 27.9. The van der Waals surface area contributed by atoms with Gasteiger partial charge in [-0.3, -0.25) is 9.13 Å². The van der Waals surface area contributed by atoms with E-state index < -0.39 is 0 Å². The van der Waals surface area contributed by atoms with Crippen molar-refractivity contribution in [1.29, 1.82) is 0 Å². The van der Waals surface area contributed by atoms with E-state index in [-0.39, 0.29) is 0 Å². The van der Waals surface area contributed by atoms with E-state index in [0.717, 1.165) is 65.9 Å². The summed E-state index contributed by atoms with van der Waals surface area (Å²) in [5.74, 6) is 1.72. The number of fused-ring (bicyclic) bond motifs is 9. The Labute approximate surface area is 292 Å². The van der Waals surface area contributed by atoms with Gasteiger partial charge in [0.1, 0.15) is 0 Å². The second-order valence-electron chi connectivity index (χ2n) is 12.9. The average Bonchev–Trinajstić information content (AvgIpc) is 3.84. The van der Waals surface area contributed by atoms with Gasteiger partial charge in [0, 0.05) is 37.9 Å². The summed E-state index contributed by atoms with van der Waals surface area (Å²) in [6, 6.07) is 59.5. The highest BCUT2D eigenvalue weighted by Crippen LogP contribution is 2.37. The van der Waals surface area contributed by atoms with Crippen LogP contribution in [0.4, 0.5) is 0 Å². The van der Waals surface area contributed by atoms with Crippen molar-refractivity contribution in [3.8, 4) is 29.0 Å². The van der Waals surface area contributed by atoms with Crippen LogP contribution in [0.15, 0.2) is 170 Å². The summed E-state index contributed by atoms with van der Waals surface area (Å²) in [4.78, 5) is 16.1. The Morgan fingerprint density at radius 2 is 0.569 bits per heavy atom. The third kappa shape index (κ3) is 4.01. The van der Waals surface area contributed by atoms with Gasteiger partial charge in [0.15, 0.2) is 5.82 Å². The fraction of sp³-hybridized carbons (Fsp3) is 0. The van der Waals surface area contributed by atoms with E-state index in [1.165, 1.54) is 10.8 Å². The summed E-state index contributed by atoms with van der Waals surface area (Å²) in [6.45, 7) is 0. The van der Waals surface area contributed by atoms with Gasteiger partial charge in [-0.2, -0.15) is 15.0 Å². The van der Waals surface area contributed by atoms with E-state index in [0.29, 0.717) is 17.7 Å². The molecule has 0 atom stereocenters. The predicted octanol–water partition coefficient (Wildman–Crippen LogP) is 10.8. The van der Waals surface area contributed by atoms with Crippen LogP contribution in [0.5, 0.6) is 0 Å². The monoisotopic (exact) mass is 652 g/mol. The number of hydrogen-bond donors (Lipinski definition) is 0. The summed E-state index contributed by atoms with van der Waals surface area (Å²) in [6.07, 6.45) is 0. The van der Waals surface area contributed by atoms with Crippen molar-refractivity contribution in [2.24, 2.45) is 0 Å². The van der Waals surface area contributed by atoms with Gasteiger partial charge >= 0.3 is 0 Å². The van der Waals surface area contributed by atoms with Crippen molar-refractivity contribution in [2.75, 3.05) is 0 Å². The molecule has 7 aromatic carbocycles. The molecular weight excluding hydrogens is 625 g/mol. The predicted molar refractivity (Wildman–Crippen MR) is 208 cm³/mol. The molecule has 11 aromatic rings. The van der Waals surface area contributed by atoms with Crippen LogP contribution in [-0.2, 0) is 0 Å².